The molecule has 1 fully saturated rings. The van der Waals surface area contributed by atoms with Gasteiger partial charge in [0.15, 0.2) is 6.23 Å². The van der Waals surface area contributed by atoms with Gasteiger partial charge in [-0.25, -0.2) is 19.1 Å². The fourth-order valence-electron chi connectivity index (χ4n) is 3.22. The minimum absolute atomic E-state index is 0.0207. The average Bonchev–Trinajstić information content (AvgIpc) is 3.09. The summed E-state index contributed by atoms with van der Waals surface area (Å²) in [6.07, 6.45) is -2.40. The highest BCUT2D eigenvalue weighted by Gasteiger charge is 2.54. The molecule has 0 aromatic carbocycles. The molecule has 19 heteroatoms. The van der Waals surface area contributed by atoms with E-state index in [9.17, 15) is 34.3 Å². The zero-order valence-electron chi connectivity index (χ0n) is 15.7. The van der Waals surface area contributed by atoms with Crippen molar-refractivity contribution in [2.24, 2.45) is 0 Å². The van der Waals surface area contributed by atoms with Crippen LogP contribution in [0, 0.1) is 0 Å². The lowest BCUT2D eigenvalue weighted by atomic mass is 9.80. The van der Waals surface area contributed by atoms with Gasteiger partial charge in [-0.2, -0.15) is 4.31 Å². The minimum atomic E-state index is -5.36. The highest BCUT2D eigenvalue weighted by Crippen LogP contribution is 2.58. The van der Waals surface area contributed by atoms with Crippen LogP contribution in [0.4, 0.5) is 5.82 Å². The van der Waals surface area contributed by atoms with Gasteiger partial charge >= 0.3 is 22.8 Å². The van der Waals surface area contributed by atoms with Crippen molar-refractivity contribution in [2.45, 2.75) is 31.0 Å². The molecule has 0 spiro atoms. The van der Waals surface area contributed by atoms with Crippen molar-refractivity contribution in [2.75, 3.05) is 12.3 Å². The van der Waals surface area contributed by atoms with E-state index >= 15 is 0 Å². The predicted octanol–water partition coefficient (Wildman–Crippen LogP) is -3.07. The molecule has 9 N–H and O–H groups in total. The van der Waals surface area contributed by atoms with Crippen LogP contribution in [-0.2, 0) is 22.7 Å². The Bertz CT molecular complexity index is 1070. The third-order valence-electron chi connectivity index (χ3n) is 4.56. The van der Waals surface area contributed by atoms with Gasteiger partial charge in [0.2, 0.25) is 0 Å². The molecule has 16 nitrogen and oxygen atoms in total. The zero-order chi connectivity index (χ0) is 23.4. The van der Waals surface area contributed by atoms with Gasteiger partial charge in [0.25, 0.3) is 0 Å². The Balaban J connectivity index is 1.91. The molecule has 1 unspecified atom stereocenters. The molecule has 2 aromatic rings. The number of phosphoric acid groups is 2. The van der Waals surface area contributed by atoms with Gasteiger partial charge in [-0.1, -0.05) is 0 Å². The molecule has 0 radical (unpaired) electrons. The molecular weight excluding hydrogens is 465 g/mol. The van der Waals surface area contributed by atoms with Crippen molar-refractivity contribution in [1.29, 1.82) is 0 Å². The van der Waals surface area contributed by atoms with Gasteiger partial charge in [-0.3, -0.25) is 4.52 Å². The molecule has 5 atom stereocenters. The maximum atomic E-state index is 11.6. The van der Waals surface area contributed by atoms with Crippen molar-refractivity contribution in [3.63, 3.8) is 0 Å². The van der Waals surface area contributed by atoms with Gasteiger partial charge in [-0.15, -0.1) is 0 Å². The smallest absolute Gasteiger partial charge is 0.423 e. The number of hydrogen-bond donors (Lipinski definition) is 8. The Morgan fingerprint density at radius 3 is 2.55 bits per heavy atom. The van der Waals surface area contributed by atoms with Gasteiger partial charge in [0.1, 0.15) is 35.6 Å². The summed E-state index contributed by atoms with van der Waals surface area (Å²) < 4.78 is 37.1. The minimum Gasteiger partial charge on any atom is -0.423 e. The molecule has 0 amide bonds. The van der Waals surface area contributed by atoms with Crippen LogP contribution < -0.4 is 11.2 Å². The van der Waals surface area contributed by atoms with E-state index in [-0.39, 0.29) is 22.3 Å². The van der Waals surface area contributed by atoms with Crippen molar-refractivity contribution in [1.82, 2.24) is 14.5 Å². The second kappa shape index (κ2) is 8.15. The summed E-state index contributed by atoms with van der Waals surface area (Å²) in [5, 5.41) is 40.5. The first-order chi connectivity index (χ1) is 14.1. The van der Waals surface area contributed by atoms with Gasteiger partial charge in [-0.05, 0) is 6.92 Å². The number of anilines is 1. The van der Waals surface area contributed by atoms with Crippen LogP contribution in [0.2, 0.25) is 0 Å². The van der Waals surface area contributed by atoms with E-state index in [1.807, 2.05) is 0 Å². The highest BCUT2D eigenvalue weighted by atomic mass is 31.3. The third kappa shape index (κ3) is 4.83. The normalized spacial score (nSPS) is 28.7. The molecule has 1 aliphatic rings. The number of nitrogens with zero attached hydrogens (tertiary/aromatic N) is 3. The number of aliphatic hydroxyl groups is 2. The van der Waals surface area contributed by atoms with Crippen LogP contribution in [0.5, 0.6) is 0 Å². The summed E-state index contributed by atoms with van der Waals surface area (Å²) in [4.78, 5) is 34.4. The SMILES string of the molecule is C[C@@]1(O)[C@H](O)[C@@H](COP(=O)(O)OP(=O)(O)O)O[C@H]1n1cc(B(O)O)c2c(N)ncnc21. The zero-order valence-corrected chi connectivity index (χ0v) is 17.4. The number of nitrogen functional groups attached to an aromatic ring is 1. The molecular formula is C12H19BN4O12P2. The lowest BCUT2D eigenvalue weighted by molar-refractivity contribution is -0.0946. The van der Waals surface area contributed by atoms with Crippen LogP contribution in [0.1, 0.15) is 13.2 Å². The predicted molar refractivity (Wildman–Crippen MR) is 101 cm³/mol. The molecule has 0 aliphatic carbocycles. The molecule has 31 heavy (non-hydrogen) atoms. The second-order valence-electron chi connectivity index (χ2n) is 6.86. The van der Waals surface area contributed by atoms with Crippen LogP contribution >= 0.6 is 15.6 Å². The van der Waals surface area contributed by atoms with E-state index < -0.39 is 53.4 Å². The molecule has 3 heterocycles. The number of phosphoric ester groups is 1. The fraction of sp³-hybridized carbons (Fsp3) is 0.500. The molecule has 172 valence electrons. The summed E-state index contributed by atoms with van der Waals surface area (Å²) in [6, 6.07) is 0. The highest BCUT2D eigenvalue weighted by molar-refractivity contribution is 7.60. The lowest BCUT2D eigenvalue weighted by Gasteiger charge is -2.27. The van der Waals surface area contributed by atoms with Crippen molar-refractivity contribution in [3.05, 3.63) is 12.5 Å². The number of rotatable bonds is 7. The van der Waals surface area contributed by atoms with E-state index in [1.165, 1.54) is 6.92 Å². The number of nitrogens with two attached hydrogens (primary N) is 1. The number of hydrogen-bond acceptors (Lipinski definition) is 12. The maximum absolute atomic E-state index is 11.6. The molecule has 1 saturated heterocycles. The standard InChI is InChI=1S/C12H19BN4O12P2/c1-12(19)8(18)6(3-27-31(25,26)29-30(22,23)24)28-11(12)17-2-5(13(20)21)7-9(14)15-4-16-10(7)17/h2,4,6,8,11,18-21H,3H2,1H3,(H,25,26)(H2,14,15,16)(H2,22,23,24)/t6-,8-,11-,12-/m1/s1. The lowest BCUT2D eigenvalue weighted by Crippen LogP contribution is -2.44. The Hall–Kier alpha value is -1.46. The van der Waals surface area contributed by atoms with Crippen molar-refractivity contribution >= 4 is 45.1 Å². The van der Waals surface area contributed by atoms with E-state index in [4.69, 9.17) is 20.3 Å². The second-order valence-corrected chi connectivity index (χ2v) is 9.69. The Morgan fingerprint density at radius 1 is 1.32 bits per heavy atom. The van der Waals surface area contributed by atoms with Gasteiger partial charge in [0.05, 0.1) is 12.0 Å². The van der Waals surface area contributed by atoms with E-state index in [0.717, 1.165) is 17.1 Å². The number of aromatic nitrogens is 3. The topological polar surface area (TPSA) is 260 Å². The van der Waals surface area contributed by atoms with E-state index in [2.05, 4.69) is 18.8 Å². The summed E-state index contributed by atoms with van der Waals surface area (Å²) in [7, 11) is -12.6. The Morgan fingerprint density at radius 2 is 1.97 bits per heavy atom. The number of aliphatic hydroxyl groups excluding tert-OH is 1. The van der Waals surface area contributed by atoms with Crippen LogP contribution in [-0.4, -0.2) is 81.0 Å². The molecule has 0 bridgehead atoms. The van der Waals surface area contributed by atoms with Crippen LogP contribution in [0.3, 0.4) is 0 Å². The van der Waals surface area contributed by atoms with Gasteiger partial charge < -0.3 is 50.0 Å². The van der Waals surface area contributed by atoms with E-state index in [0.29, 0.717) is 0 Å². The number of ether oxygens (including phenoxy) is 1. The summed E-state index contributed by atoms with van der Waals surface area (Å²) >= 11 is 0. The Kier molecular flexibility index (Phi) is 6.36. The first kappa shape index (κ1) is 24.2. The first-order valence-corrected chi connectivity index (χ1v) is 11.4. The molecule has 2 aromatic heterocycles. The summed E-state index contributed by atoms with van der Waals surface area (Å²) in [6.45, 7) is 0.256. The Labute approximate surface area is 173 Å². The molecule has 1 aliphatic heterocycles. The van der Waals surface area contributed by atoms with Gasteiger partial charge in [0, 0.05) is 11.7 Å². The van der Waals surface area contributed by atoms with Crippen LogP contribution in [0.15, 0.2) is 12.5 Å². The summed E-state index contributed by atoms with van der Waals surface area (Å²) in [5.74, 6) is -0.0965. The van der Waals surface area contributed by atoms with Crippen LogP contribution in [0.25, 0.3) is 11.0 Å². The van der Waals surface area contributed by atoms with E-state index in [1.54, 1.807) is 0 Å². The molecule has 3 rings (SSSR count). The van der Waals surface area contributed by atoms with Crippen molar-refractivity contribution < 1.29 is 57.6 Å². The van der Waals surface area contributed by atoms with Crippen molar-refractivity contribution in [3.8, 4) is 0 Å². The average molecular weight is 484 g/mol. The quantitative estimate of drug-likeness (QED) is 0.143. The summed E-state index contributed by atoms with van der Waals surface area (Å²) in [5.41, 5.74) is 3.62. The largest absolute Gasteiger partial charge is 0.490 e. The molecule has 0 saturated carbocycles. The number of fused-ring (bicyclic) bond motifs is 1. The maximum Gasteiger partial charge on any atom is 0.490 e. The monoisotopic (exact) mass is 484 g/mol. The first-order valence-electron chi connectivity index (χ1n) is 8.41. The fourth-order valence-corrected chi connectivity index (χ4v) is 4.81. The third-order valence-corrected chi connectivity index (χ3v) is 6.72.